The summed E-state index contributed by atoms with van der Waals surface area (Å²) in [5.74, 6) is -6.29. The van der Waals surface area contributed by atoms with E-state index in [1.54, 1.807) is 0 Å². The minimum absolute atomic E-state index is 0.0375. The number of thiazole rings is 1. The number of carboxylic acids is 2. The lowest BCUT2D eigenvalue weighted by molar-refractivity contribution is -0.151. The molecule has 4 aromatic rings. The molecule has 22 heteroatoms. The zero-order valence-electron chi connectivity index (χ0n) is 25.4. The highest BCUT2D eigenvalue weighted by molar-refractivity contribution is 8.01. The van der Waals surface area contributed by atoms with Crippen molar-refractivity contribution < 1.29 is 59.1 Å². The summed E-state index contributed by atoms with van der Waals surface area (Å²) in [5.41, 5.74) is 5.37. The number of carboxylic acid groups (broad SMARTS) is 2. The largest absolute Gasteiger partial charge is 0.504 e. The second-order valence-electron chi connectivity index (χ2n) is 10.6. The van der Waals surface area contributed by atoms with Crippen molar-refractivity contribution in [2.24, 2.45) is 5.16 Å². The number of aliphatic carboxylic acids is 2. The monoisotopic (exact) mass is 757 g/mol. The van der Waals surface area contributed by atoms with Gasteiger partial charge in [0, 0.05) is 28.0 Å². The number of fused-ring (bicyclic) bond motifs is 1. The number of carbonyl (C=O) groups excluding carboxylic acids is 2. The highest BCUT2D eigenvalue weighted by Gasteiger charge is 2.54. The summed E-state index contributed by atoms with van der Waals surface area (Å²) in [6.07, 6.45) is -1.84. The fraction of sp³-hybridized carbons (Fsp3) is 0.172. The Labute approximate surface area is 297 Å². The summed E-state index contributed by atoms with van der Waals surface area (Å²) in [4.78, 5) is 61.4. The Bertz CT molecular complexity index is 2130. The zero-order chi connectivity index (χ0) is 36.6. The van der Waals surface area contributed by atoms with Gasteiger partial charge < -0.3 is 50.9 Å². The van der Waals surface area contributed by atoms with Gasteiger partial charge in [-0.15, -0.1) is 33.3 Å². The first kappa shape index (κ1) is 34.8. The van der Waals surface area contributed by atoms with Crippen molar-refractivity contribution in [3.8, 4) is 34.5 Å². The Hall–Kier alpha value is -6.00. The number of phenolic OH excluding ortho intramolecular Hbond substituents is 4. The number of aromatic nitrogens is 3. The van der Waals surface area contributed by atoms with Crippen LogP contribution in [0.15, 0.2) is 67.8 Å². The summed E-state index contributed by atoms with van der Waals surface area (Å²) in [6, 6.07) is 5.86. The van der Waals surface area contributed by atoms with E-state index in [9.17, 15) is 49.8 Å². The molecular formula is C29H23N7O12S3. The molecule has 4 heterocycles. The van der Waals surface area contributed by atoms with Crippen LogP contribution in [0, 0.1) is 0 Å². The third kappa shape index (κ3) is 7.04. The number of anilines is 1. The summed E-state index contributed by atoms with van der Waals surface area (Å²) in [5, 5.41) is 73.1. The average Bonchev–Trinajstić information content (AvgIpc) is 3.75. The summed E-state index contributed by atoms with van der Waals surface area (Å²) in [6.45, 7) is 0. The van der Waals surface area contributed by atoms with Crippen molar-refractivity contribution in [2.45, 2.75) is 22.7 Å². The van der Waals surface area contributed by atoms with Crippen LogP contribution in [0.5, 0.6) is 23.0 Å². The zero-order valence-corrected chi connectivity index (χ0v) is 27.8. The molecule has 2 aromatic carbocycles. The van der Waals surface area contributed by atoms with Crippen LogP contribution in [0.3, 0.4) is 0 Å². The predicted molar refractivity (Wildman–Crippen MR) is 178 cm³/mol. The lowest BCUT2D eigenvalue weighted by Gasteiger charge is -2.49. The summed E-state index contributed by atoms with van der Waals surface area (Å²) >= 11 is 3.14. The second-order valence-corrected chi connectivity index (χ2v) is 13.5. The van der Waals surface area contributed by atoms with Gasteiger partial charge in [0.2, 0.25) is 12.0 Å². The van der Waals surface area contributed by atoms with E-state index in [1.165, 1.54) is 35.3 Å². The number of hydrogen-bond donors (Lipinski definition) is 8. The van der Waals surface area contributed by atoms with Crippen molar-refractivity contribution in [1.82, 2.24) is 25.4 Å². The van der Waals surface area contributed by atoms with Crippen LogP contribution >= 0.6 is 34.9 Å². The van der Waals surface area contributed by atoms with E-state index in [1.807, 2.05) is 0 Å². The van der Waals surface area contributed by atoms with Crippen molar-refractivity contribution in [3.63, 3.8) is 0 Å². The number of nitrogen functional groups attached to an aromatic ring is 1. The summed E-state index contributed by atoms with van der Waals surface area (Å²) in [7, 11) is 0. The average molecular weight is 758 g/mol. The van der Waals surface area contributed by atoms with Crippen LogP contribution in [0.25, 0.3) is 11.5 Å². The van der Waals surface area contributed by atoms with Crippen molar-refractivity contribution in [2.75, 3.05) is 17.2 Å². The van der Waals surface area contributed by atoms with Gasteiger partial charge in [0.15, 0.2) is 33.8 Å². The van der Waals surface area contributed by atoms with Crippen molar-refractivity contribution in [3.05, 3.63) is 64.3 Å². The maximum absolute atomic E-state index is 13.5. The number of nitrogens with zero attached hydrogens (tertiary/aromatic N) is 5. The number of nitrogens with one attached hydrogen (secondary N) is 1. The van der Waals surface area contributed by atoms with E-state index in [0.717, 1.165) is 46.2 Å². The van der Waals surface area contributed by atoms with Crippen LogP contribution in [-0.4, -0.2) is 103 Å². The lowest BCUT2D eigenvalue weighted by Crippen LogP contribution is -2.71. The molecule has 2 aromatic heterocycles. The molecule has 2 amide bonds. The number of carbonyl (C=O) groups is 4. The van der Waals surface area contributed by atoms with Gasteiger partial charge in [-0.05, 0) is 35.9 Å². The van der Waals surface area contributed by atoms with E-state index in [4.69, 9.17) is 15.0 Å². The van der Waals surface area contributed by atoms with Gasteiger partial charge in [-0.3, -0.25) is 14.5 Å². The number of β-lactam (4-membered cyclic amide) rings is 1. The van der Waals surface area contributed by atoms with E-state index in [0.29, 0.717) is 11.1 Å². The Morgan fingerprint density at radius 1 is 1.08 bits per heavy atom. The van der Waals surface area contributed by atoms with Crippen LogP contribution in [0.4, 0.5) is 5.13 Å². The highest BCUT2D eigenvalue weighted by Crippen LogP contribution is 2.42. The number of hydrogen-bond acceptors (Lipinski definition) is 18. The van der Waals surface area contributed by atoms with Gasteiger partial charge in [-0.2, -0.15) is 0 Å². The quantitative estimate of drug-likeness (QED) is 0.0335. The van der Waals surface area contributed by atoms with E-state index >= 15 is 0 Å². The Morgan fingerprint density at radius 2 is 1.80 bits per heavy atom. The molecule has 51 heavy (non-hydrogen) atoms. The number of rotatable bonds is 12. The molecule has 1 fully saturated rings. The molecule has 0 radical (unpaired) electrons. The van der Waals surface area contributed by atoms with Gasteiger partial charge in [0.05, 0.1) is 0 Å². The first-order chi connectivity index (χ1) is 24.3. The number of aromatic hydroxyl groups is 4. The highest BCUT2D eigenvalue weighted by atomic mass is 32.2. The topological polar surface area (TPSA) is 304 Å². The van der Waals surface area contributed by atoms with Crippen LogP contribution in [-0.2, 0) is 24.0 Å². The number of phenols is 4. The number of benzene rings is 2. The lowest BCUT2D eigenvalue weighted by atomic mass is 10.0. The molecule has 1 unspecified atom stereocenters. The third-order valence-corrected chi connectivity index (χ3v) is 10.2. The number of nitrogens with two attached hydrogens (primary N) is 1. The number of thioether (sulfide) groups is 2. The van der Waals surface area contributed by atoms with E-state index in [-0.39, 0.29) is 56.2 Å². The Balaban J connectivity index is 1.17. The molecule has 0 spiro atoms. The molecule has 1 saturated heterocycles. The normalized spacial score (nSPS) is 17.8. The van der Waals surface area contributed by atoms with Crippen molar-refractivity contribution in [1.29, 1.82) is 0 Å². The standard InChI is InChI=1S/C29H23N7O12S3/c30-28-31-13(9-50-28)18(35-48-21(27(45)46)10-1-3-14(37)16(39)5-10)22(41)32-19-24(42)36-20(26(43)44)12(7-49-25(19)36)8-51-29-34-33-23(47-29)11-2-4-15(38)17(40)6-11/h1-6,9,19,21,25,37-40H,7-8H2,(H2,30,31)(H,32,41)(H,43,44)(H,45,46)/t19-,21?,25+/m1/s1. The van der Waals surface area contributed by atoms with Gasteiger partial charge in [0.1, 0.15) is 22.8 Å². The molecular weight excluding hydrogens is 735 g/mol. The molecule has 0 saturated carbocycles. The fourth-order valence-electron chi connectivity index (χ4n) is 4.85. The van der Waals surface area contributed by atoms with Gasteiger partial charge in [0.25, 0.3) is 17.0 Å². The predicted octanol–water partition coefficient (Wildman–Crippen LogP) is 1.68. The van der Waals surface area contributed by atoms with Crippen LogP contribution in [0.1, 0.15) is 17.4 Å². The Morgan fingerprint density at radius 3 is 2.45 bits per heavy atom. The smallest absolute Gasteiger partial charge is 0.352 e. The molecule has 9 N–H and O–H groups in total. The molecule has 3 atom stereocenters. The first-order valence-electron chi connectivity index (χ1n) is 14.2. The minimum atomic E-state index is -1.84. The van der Waals surface area contributed by atoms with Crippen LogP contribution < -0.4 is 11.1 Å². The van der Waals surface area contributed by atoms with E-state index < -0.39 is 58.5 Å². The van der Waals surface area contributed by atoms with Crippen LogP contribution in [0.2, 0.25) is 0 Å². The maximum atomic E-state index is 13.5. The number of oxime groups is 1. The van der Waals surface area contributed by atoms with Gasteiger partial charge >= 0.3 is 11.9 Å². The first-order valence-corrected chi connectivity index (χ1v) is 17.1. The van der Waals surface area contributed by atoms with E-state index in [2.05, 4.69) is 25.7 Å². The Kier molecular flexibility index (Phi) is 9.62. The molecule has 2 aliphatic rings. The third-order valence-electron chi connectivity index (χ3n) is 7.29. The SMILES string of the molecule is Nc1nc(C(=NOC(C(=O)O)c2ccc(O)c(O)c2)C(=O)N[C@@H]2C(=O)N3C(C(=O)O)=C(CSc4nnc(-c5ccc(O)c(O)c5)o4)CS[C@@H]23)cs1. The van der Waals surface area contributed by atoms with Crippen molar-refractivity contribution >= 4 is 69.5 Å². The molecule has 264 valence electrons. The molecule has 19 nitrogen and oxygen atoms in total. The maximum Gasteiger partial charge on any atom is 0.352 e. The second kappa shape index (κ2) is 14.1. The molecule has 0 bridgehead atoms. The molecule has 0 aliphatic carbocycles. The minimum Gasteiger partial charge on any atom is -0.504 e. The fourth-order valence-corrected chi connectivity index (χ4v) is 7.65. The van der Waals surface area contributed by atoms with Gasteiger partial charge in [-0.1, -0.05) is 23.0 Å². The molecule has 2 aliphatic heterocycles. The number of amides is 2. The van der Waals surface area contributed by atoms with Gasteiger partial charge in [-0.25, -0.2) is 14.6 Å². The molecule has 6 rings (SSSR count). The summed E-state index contributed by atoms with van der Waals surface area (Å²) < 4.78 is 5.59.